The smallest absolute Gasteiger partial charge is 0.244 e. The third kappa shape index (κ3) is 3.40. The molecule has 1 heterocycles. The van der Waals surface area contributed by atoms with Gasteiger partial charge in [-0.1, -0.05) is 29.8 Å². The molecule has 2 N–H and O–H groups in total. The minimum absolute atomic E-state index is 0.561. The highest BCUT2D eigenvalue weighted by Gasteiger charge is 2.21. The maximum Gasteiger partial charge on any atom is 0.244 e. The SMILES string of the molecule is Cc1ccc(CNc2nncc(NC3CC3)n2)cc1. The van der Waals surface area contributed by atoms with Gasteiger partial charge in [-0.25, -0.2) is 0 Å². The van der Waals surface area contributed by atoms with E-state index in [9.17, 15) is 0 Å². The first kappa shape index (κ1) is 11.9. The average molecular weight is 255 g/mol. The second-order valence-corrected chi connectivity index (χ2v) is 4.92. The largest absolute Gasteiger partial charge is 0.366 e. The summed E-state index contributed by atoms with van der Waals surface area (Å²) in [6, 6.07) is 8.97. The molecule has 0 spiro atoms. The number of anilines is 2. The molecule has 0 amide bonds. The third-order valence-electron chi connectivity index (χ3n) is 3.06. The standard InChI is InChI=1S/C14H17N5/c1-10-2-4-11(5-3-10)8-15-14-18-13(9-16-19-14)17-12-6-7-12/h2-5,9,12H,6-8H2,1H3,(H2,15,17,18,19). The van der Waals surface area contributed by atoms with Gasteiger partial charge in [0.1, 0.15) is 0 Å². The number of hydrogen-bond donors (Lipinski definition) is 2. The van der Waals surface area contributed by atoms with E-state index in [-0.39, 0.29) is 0 Å². The Balaban J connectivity index is 1.60. The van der Waals surface area contributed by atoms with Crippen LogP contribution in [0.25, 0.3) is 0 Å². The fourth-order valence-electron chi connectivity index (χ4n) is 1.77. The van der Waals surface area contributed by atoms with Gasteiger partial charge in [-0.15, -0.1) is 5.10 Å². The number of nitrogens with one attached hydrogen (secondary N) is 2. The minimum atomic E-state index is 0.561. The van der Waals surface area contributed by atoms with E-state index in [0.717, 1.165) is 5.82 Å². The highest BCUT2D eigenvalue weighted by Crippen LogP contribution is 2.23. The first-order valence-electron chi connectivity index (χ1n) is 6.55. The molecule has 1 aromatic heterocycles. The molecule has 0 saturated heterocycles. The van der Waals surface area contributed by atoms with Gasteiger partial charge in [-0.05, 0) is 25.3 Å². The Labute approximate surface area is 112 Å². The first-order chi connectivity index (χ1) is 9.29. The first-order valence-corrected chi connectivity index (χ1v) is 6.55. The maximum atomic E-state index is 4.39. The molecule has 1 fully saturated rings. The van der Waals surface area contributed by atoms with Crippen LogP contribution in [0.15, 0.2) is 30.5 Å². The van der Waals surface area contributed by atoms with E-state index in [1.165, 1.54) is 24.0 Å². The lowest BCUT2D eigenvalue weighted by Gasteiger charge is -2.07. The summed E-state index contributed by atoms with van der Waals surface area (Å²) in [6.07, 6.45) is 4.10. The number of aromatic nitrogens is 3. The van der Waals surface area contributed by atoms with Gasteiger partial charge < -0.3 is 10.6 Å². The zero-order valence-electron chi connectivity index (χ0n) is 10.9. The molecule has 0 unspecified atom stereocenters. The molecule has 0 aliphatic heterocycles. The molecule has 0 atom stereocenters. The van der Waals surface area contributed by atoms with E-state index in [1.54, 1.807) is 6.20 Å². The lowest BCUT2D eigenvalue weighted by molar-refractivity contribution is 0.936. The summed E-state index contributed by atoms with van der Waals surface area (Å²) in [5.74, 6) is 1.36. The number of rotatable bonds is 5. The van der Waals surface area contributed by atoms with Crippen LogP contribution >= 0.6 is 0 Å². The molecule has 98 valence electrons. The predicted molar refractivity (Wildman–Crippen MR) is 75.0 cm³/mol. The molecule has 2 aromatic rings. The summed E-state index contributed by atoms with van der Waals surface area (Å²) < 4.78 is 0. The van der Waals surface area contributed by atoms with Gasteiger partial charge in [0.2, 0.25) is 5.95 Å². The van der Waals surface area contributed by atoms with E-state index < -0.39 is 0 Å². The van der Waals surface area contributed by atoms with Crippen molar-refractivity contribution in [3.63, 3.8) is 0 Å². The van der Waals surface area contributed by atoms with Crippen LogP contribution in [-0.2, 0) is 6.54 Å². The van der Waals surface area contributed by atoms with Crippen molar-refractivity contribution in [3.8, 4) is 0 Å². The summed E-state index contributed by atoms with van der Waals surface area (Å²) in [6.45, 7) is 2.78. The Hall–Kier alpha value is -2.17. The summed E-state index contributed by atoms with van der Waals surface area (Å²) in [5.41, 5.74) is 2.46. The summed E-state index contributed by atoms with van der Waals surface area (Å²) >= 11 is 0. The number of benzene rings is 1. The van der Waals surface area contributed by atoms with E-state index in [4.69, 9.17) is 0 Å². The third-order valence-corrected chi connectivity index (χ3v) is 3.06. The number of hydrogen-bond acceptors (Lipinski definition) is 5. The van der Waals surface area contributed by atoms with Gasteiger partial charge >= 0.3 is 0 Å². The van der Waals surface area contributed by atoms with E-state index >= 15 is 0 Å². The summed E-state index contributed by atoms with van der Waals surface area (Å²) in [5, 5.41) is 14.4. The zero-order valence-corrected chi connectivity index (χ0v) is 10.9. The Kier molecular flexibility index (Phi) is 3.27. The van der Waals surface area contributed by atoms with Crippen LogP contribution in [0.4, 0.5) is 11.8 Å². The topological polar surface area (TPSA) is 62.7 Å². The highest BCUT2D eigenvalue weighted by molar-refractivity contribution is 5.39. The average Bonchev–Trinajstić information content (AvgIpc) is 3.23. The van der Waals surface area contributed by atoms with Gasteiger partial charge in [-0.2, -0.15) is 10.1 Å². The maximum absolute atomic E-state index is 4.39. The Morgan fingerprint density at radius 3 is 2.74 bits per heavy atom. The van der Waals surface area contributed by atoms with Crippen molar-refractivity contribution < 1.29 is 0 Å². The molecule has 1 aliphatic rings. The van der Waals surface area contributed by atoms with Crippen LogP contribution in [0.5, 0.6) is 0 Å². The van der Waals surface area contributed by atoms with Crippen LogP contribution in [0, 0.1) is 6.92 Å². The molecular weight excluding hydrogens is 238 g/mol. The van der Waals surface area contributed by atoms with E-state index in [2.05, 4.69) is 57.0 Å². The Morgan fingerprint density at radius 2 is 2.00 bits per heavy atom. The van der Waals surface area contributed by atoms with E-state index in [0.29, 0.717) is 18.5 Å². The fourth-order valence-corrected chi connectivity index (χ4v) is 1.77. The van der Waals surface area contributed by atoms with Crippen LogP contribution in [0.1, 0.15) is 24.0 Å². The lowest BCUT2D eigenvalue weighted by Crippen LogP contribution is -2.09. The zero-order chi connectivity index (χ0) is 13.1. The molecule has 19 heavy (non-hydrogen) atoms. The summed E-state index contributed by atoms with van der Waals surface area (Å²) in [7, 11) is 0. The van der Waals surface area contributed by atoms with Crippen molar-refractivity contribution in [2.75, 3.05) is 10.6 Å². The normalized spacial score (nSPS) is 14.2. The van der Waals surface area contributed by atoms with Crippen LogP contribution in [0.2, 0.25) is 0 Å². The van der Waals surface area contributed by atoms with Crippen LogP contribution in [-0.4, -0.2) is 21.2 Å². The monoisotopic (exact) mass is 255 g/mol. The minimum Gasteiger partial charge on any atom is -0.366 e. The van der Waals surface area contributed by atoms with Gasteiger partial charge in [0, 0.05) is 12.6 Å². The Morgan fingerprint density at radius 1 is 1.21 bits per heavy atom. The molecule has 3 rings (SSSR count). The lowest BCUT2D eigenvalue weighted by atomic mass is 10.1. The van der Waals surface area contributed by atoms with Crippen molar-refractivity contribution in [2.24, 2.45) is 0 Å². The van der Waals surface area contributed by atoms with Crippen LogP contribution in [0.3, 0.4) is 0 Å². The predicted octanol–water partition coefficient (Wildman–Crippen LogP) is 2.37. The quantitative estimate of drug-likeness (QED) is 0.858. The number of aryl methyl sites for hydroxylation is 1. The molecule has 0 radical (unpaired) electrons. The van der Waals surface area contributed by atoms with Crippen LogP contribution < -0.4 is 10.6 Å². The van der Waals surface area contributed by atoms with Crippen molar-refractivity contribution in [1.82, 2.24) is 15.2 Å². The van der Waals surface area contributed by atoms with E-state index in [1.807, 2.05) is 0 Å². The summed E-state index contributed by atoms with van der Waals surface area (Å²) in [4.78, 5) is 4.39. The van der Waals surface area contributed by atoms with Crippen molar-refractivity contribution in [2.45, 2.75) is 32.4 Å². The second-order valence-electron chi connectivity index (χ2n) is 4.92. The second kappa shape index (κ2) is 5.22. The molecule has 5 heteroatoms. The van der Waals surface area contributed by atoms with Crippen molar-refractivity contribution in [3.05, 3.63) is 41.6 Å². The molecule has 1 saturated carbocycles. The van der Waals surface area contributed by atoms with Gasteiger partial charge in [0.25, 0.3) is 0 Å². The number of nitrogens with zero attached hydrogens (tertiary/aromatic N) is 3. The fraction of sp³-hybridized carbons (Fsp3) is 0.357. The molecule has 1 aromatic carbocycles. The van der Waals surface area contributed by atoms with Gasteiger partial charge in [0.15, 0.2) is 5.82 Å². The molecule has 0 bridgehead atoms. The Bertz CT molecular complexity index is 548. The van der Waals surface area contributed by atoms with Crippen molar-refractivity contribution >= 4 is 11.8 Å². The highest BCUT2D eigenvalue weighted by atomic mass is 15.3. The van der Waals surface area contributed by atoms with Gasteiger partial charge in [0.05, 0.1) is 6.20 Å². The molecule has 5 nitrogen and oxygen atoms in total. The molecule has 1 aliphatic carbocycles. The van der Waals surface area contributed by atoms with Crippen molar-refractivity contribution in [1.29, 1.82) is 0 Å². The van der Waals surface area contributed by atoms with Gasteiger partial charge in [-0.3, -0.25) is 0 Å². The molecular formula is C14H17N5.